The zero-order chi connectivity index (χ0) is 12.3. The van der Waals surface area contributed by atoms with Crippen molar-refractivity contribution in [3.63, 3.8) is 0 Å². The number of nitrogens with zero attached hydrogens (tertiary/aromatic N) is 1. The summed E-state index contributed by atoms with van der Waals surface area (Å²) >= 11 is 5.97. The Hall–Kier alpha value is -0.570. The van der Waals surface area contributed by atoms with E-state index in [1.54, 1.807) is 0 Å². The van der Waals surface area contributed by atoms with Gasteiger partial charge in [-0.05, 0) is 37.6 Å². The highest BCUT2D eigenvalue weighted by Crippen LogP contribution is 2.24. The molecule has 94 valence electrons. The quantitative estimate of drug-likeness (QED) is 0.895. The molecule has 3 heteroatoms. The fourth-order valence-corrected chi connectivity index (χ4v) is 2.86. The van der Waals surface area contributed by atoms with Crippen LogP contribution >= 0.6 is 11.6 Å². The molecule has 0 saturated heterocycles. The second-order valence-corrected chi connectivity index (χ2v) is 5.40. The molecule has 0 bridgehead atoms. The first-order chi connectivity index (χ1) is 8.16. The first-order valence-corrected chi connectivity index (χ1v) is 6.67. The third-order valence-electron chi connectivity index (χ3n) is 3.58. The molecule has 1 saturated carbocycles. The Morgan fingerprint density at radius 1 is 1.35 bits per heavy atom. The number of aliphatic hydroxyl groups is 1. The lowest BCUT2D eigenvalue weighted by atomic mass is 9.91. The van der Waals surface area contributed by atoms with Crippen molar-refractivity contribution in [1.82, 2.24) is 4.90 Å². The molecule has 1 aromatic carbocycles. The van der Waals surface area contributed by atoms with Crippen LogP contribution in [-0.4, -0.2) is 29.2 Å². The van der Waals surface area contributed by atoms with Gasteiger partial charge in [0.25, 0.3) is 0 Å². The Kier molecular flexibility index (Phi) is 4.43. The molecule has 2 rings (SSSR count). The molecule has 1 fully saturated rings. The molecule has 17 heavy (non-hydrogen) atoms. The lowest BCUT2D eigenvalue weighted by Gasteiger charge is -2.35. The molecular weight excluding hydrogens is 234 g/mol. The molecule has 1 aliphatic rings. The summed E-state index contributed by atoms with van der Waals surface area (Å²) in [7, 11) is 2.08. The molecular formula is C14H20ClNO. The second kappa shape index (κ2) is 5.85. The molecule has 0 aromatic heterocycles. The number of rotatable bonds is 3. The number of hydrogen-bond donors (Lipinski definition) is 1. The van der Waals surface area contributed by atoms with Crippen LogP contribution in [0.3, 0.4) is 0 Å². The first-order valence-electron chi connectivity index (χ1n) is 6.29. The average molecular weight is 254 g/mol. The molecule has 0 spiro atoms. The van der Waals surface area contributed by atoms with E-state index in [4.69, 9.17) is 11.6 Å². The summed E-state index contributed by atoms with van der Waals surface area (Å²) in [6.45, 7) is 0.849. The van der Waals surface area contributed by atoms with E-state index in [9.17, 15) is 5.11 Å². The van der Waals surface area contributed by atoms with E-state index in [-0.39, 0.29) is 6.10 Å². The number of hydrogen-bond acceptors (Lipinski definition) is 2. The molecule has 0 unspecified atom stereocenters. The zero-order valence-electron chi connectivity index (χ0n) is 10.3. The molecule has 2 atom stereocenters. The summed E-state index contributed by atoms with van der Waals surface area (Å²) in [4.78, 5) is 2.25. The second-order valence-electron chi connectivity index (χ2n) is 4.96. The largest absolute Gasteiger partial charge is 0.391 e. The van der Waals surface area contributed by atoms with Crippen LogP contribution in [0.2, 0.25) is 5.02 Å². The van der Waals surface area contributed by atoms with Gasteiger partial charge in [0.05, 0.1) is 6.10 Å². The minimum Gasteiger partial charge on any atom is -0.391 e. The smallest absolute Gasteiger partial charge is 0.0695 e. The van der Waals surface area contributed by atoms with Crippen molar-refractivity contribution < 1.29 is 5.11 Å². The fraction of sp³-hybridized carbons (Fsp3) is 0.571. The Labute approximate surface area is 108 Å². The van der Waals surface area contributed by atoms with Gasteiger partial charge in [0, 0.05) is 17.6 Å². The SMILES string of the molecule is CN(Cc1cccc(Cl)c1)[C@H]1CCCC[C@@H]1O. The highest BCUT2D eigenvalue weighted by Gasteiger charge is 2.26. The molecule has 1 N–H and O–H groups in total. The standard InChI is InChI=1S/C14H20ClNO/c1-16(13-7-2-3-8-14(13)17)10-11-5-4-6-12(15)9-11/h4-6,9,13-14,17H,2-3,7-8,10H2,1H3/t13-,14-/m0/s1. The molecule has 0 aliphatic heterocycles. The van der Waals surface area contributed by atoms with Gasteiger partial charge in [0.15, 0.2) is 0 Å². The van der Waals surface area contributed by atoms with E-state index in [0.29, 0.717) is 6.04 Å². The summed E-state index contributed by atoms with van der Waals surface area (Å²) in [6.07, 6.45) is 4.24. The predicted molar refractivity (Wildman–Crippen MR) is 71.2 cm³/mol. The molecule has 1 aromatic rings. The van der Waals surface area contributed by atoms with Gasteiger partial charge in [-0.15, -0.1) is 0 Å². The van der Waals surface area contributed by atoms with Gasteiger partial charge in [-0.1, -0.05) is 36.6 Å². The van der Waals surface area contributed by atoms with Gasteiger partial charge in [-0.25, -0.2) is 0 Å². The van der Waals surface area contributed by atoms with E-state index >= 15 is 0 Å². The van der Waals surface area contributed by atoms with E-state index in [0.717, 1.165) is 30.8 Å². The van der Waals surface area contributed by atoms with Gasteiger partial charge in [0.2, 0.25) is 0 Å². The number of benzene rings is 1. The van der Waals surface area contributed by atoms with Gasteiger partial charge in [-0.2, -0.15) is 0 Å². The Morgan fingerprint density at radius 3 is 2.82 bits per heavy atom. The summed E-state index contributed by atoms with van der Waals surface area (Å²) in [5, 5.41) is 10.8. The summed E-state index contributed by atoms with van der Waals surface area (Å²) in [5.41, 5.74) is 1.21. The third kappa shape index (κ3) is 3.44. The molecule has 0 heterocycles. The number of likely N-dealkylation sites (N-methyl/N-ethyl adjacent to an activating group) is 1. The zero-order valence-corrected chi connectivity index (χ0v) is 11.0. The summed E-state index contributed by atoms with van der Waals surface area (Å²) < 4.78 is 0. The van der Waals surface area contributed by atoms with Crippen molar-refractivity contribution >= 4 is 11.6 Å². The van der Waals surface area contributed by atoms with Gasteiger partial charge in [-0.3, -0.25) is 4.90 Å². The monoisotopic (exact) mass is 253 g/mol. The fourth-order valence-electron chi connectivity index (χ4n) is 2.65. The Bertz CT molecular complexity index is 369. The summed E-state index contributed by atoms with van der Waals surface area (Å²) in [5.74, 6) is 0. The van der Waals surface area contributed by atoms with Gasteiger partial charge < -0.3 is 5.11 Å². The topological polar surface area (TPSA) is 23.5 Å². The average Bonchev–Trinajstić information content (AvgIpc) is 2.29. The maximum atomic E-state index is 10.0. The van der Waals surface area contributed by atoms with Crippen LogP contribution in [0.4, 0.5) is 0 Å². The van der Waals surface area contributed by atoms with Crippen LogP contribution in [0.1, 0.15) is 31.2 Å². The van der Waals surface area contributed by atoms with E-state index in [1.165, 1.54) is 12.0 Å². The van der Waals surface area contributed by atoms with Crippen LogP contribution in [0.25, 0.3) is 0 Å². The predicted octanol–water partition coefficient (Wildman–Crippen LogP) is 3.08. The van der Waals surface area contributed by atoms with Gasteiger partial charge >= 0.3 is 0 Å². The maximum absolute atomic E-state index is 10.0. The lowest BCUT2D eigenvalue weighted by Crippen LogP contribution is -2.42. The minimum absolute atomic E-state index is 0.173. The van der Waals surface area contributed by atoms with Crippen LogP contribution in [-0.2, 0) is 6.54 Å². The van der Waals surface area contributed by atoms with Crippen molar-refractivity contribution in [2.45, 2.75) is 44.4 Å². The van der Waals surface area contributed by atoms with Crippen molar-refractivity contribution in [1.29, 1.82) is 0 Å². The minimum atomic E-state index is -0.173. The highest BCUT2D eigenvalue weighted by atomic mass is 35.5. The van der Waals surface area contributed by atoms with E-state index in [1.807, 2.05) is 18.2 Å². The maximum Gasteiger partial charge on any atom is 0.0695 e. The van der Waals surface area contributed by atoms with Crippen LogP contribution in [0.5, 0.6) is 0 Å². The van der Waals surface area contributed by atoms with E-state index < -0.39 is 0 Å². The summed E-state index contributed by atoms with van der Waals surface area (Å²) in [6, 6.07) is 8.23. The highest BCUT2D eigenvalue weighted by molar-refractivity contribution is 6.30. The molecule has 1 aliphatic carbocycles. The molecule has 2 nitrogen and oxygen atoms in total. The van der Waals surface area contributed by atoms with Crippen molar-refractivity contribution in [2.24, 2.45) is 0 Å². The van der Waals surface area contributed by atoms with Gasteiger partial charge in [0.1, 0.15) is 0 Å². The van der Waals surface area contributed by atoms with Crippen molar-refractivity contribution in [2.75, 3.05) is 7.05 Å². The van der Waals surface area contributed by atoms with Crippen molar-refractivity contribution in [3.8, 4) is 0 Å². The Balaban J connectivity index is 1.98. The van der Waals surface area contributed by atoms with Crippen LogP contribution in [0, 0.1) is 0 Å². The molecule has 0 amide bonds. The normalized spacial score (nSPS) is 25.2. The Morgan fingerprint density at radius 2 is 2.12 bits per heavy atom. The molecule has 0 radical (unpaired) electrons. The first kappa shape index (κ1) is 12.9. The third-order valence-corrected chi connectivity index (χ3v) is 3.82. The lowest BCUT2D eigenvalue weighted by molar-refractivity contribution is 0.0288. The van der Waals surface area contributed by atoms with E-state index in [2.05, 4.69) is 18.0 Å². The van der Waals surface area contributed by atoms with Crippen molar-refractivity contribution in [3.05, 3.63) is 34.9 Å². The van der Waals surface area contributed by atoms with Crippen LogP contribution in [0.15, 0.2) is 24.3 Å². The van der Waals surface area contributed by atoms with Crippen LogP contribution < -0.4 is 0 Å². The number of halogens is 1. The number of aliphatic hydroxyl groups excluding tert-OH is 1.